The average molecular weight is 545 g/mol. The third kappa shape index (κ3) is 5.99. The fourth-order valence-electron chi connectivity index (χ4n) is 2.64. The predicted molar refractivity (Wildman–Crippen MR) is 122 cm³/mol. The summed E-state index contributed by atoms with van der Waals surface area (Å²) in [6, 6.07) is 9.19. The summed E-state index contributed by atoms with van der Waals surface area (Å²) in [6.07, 6.45) is 0. The quantitative estimate of drug-likeness (QED) is 0.390. The van der Waals surface area contributed by atoms with Gasteiger partial charge in [0.1, 0.15) is 0 Å². The Labute approximate surface area is 197 Å². The van der Waals surface area contributed by atoms with Crippen molar-refractivity contribution in [3.8, 4) is 10.8 Å². The van der Waals surface area contributed by atoms with Crippen LogP contribution in [0.2, 0.25) is 0 Å². The Morgan fingerprint density at radius 3 is 2.31 bits per heavy atom. The summed E-state index contributed by atoms with van der Waals surface area (Å²) in [5, 5.41) is 10.2. The molecule has 3 aromatic rings. The predicted octanol–water partition coefficient (Wildman–Crippen LogP) is 3.10. The Morgan fingerprint density at radius 1 is 1.09 bits per heavy atom. The van der Waals surface area contributed by atoms with Gasteiger partial charge in [-0.25, -0.2) is 8.42 Å². The standard InChI is InChI=1S/C19H21BrN4O6S2/c1-28-11-9-24(10-12-29-2)32(26,27)14-5-3-13(4-6-14)17(25)21-19-23-22-18(30-19)15-7-8-16(20)31-15/h3-8H,9-12H2,1-2H3,(H,21,23,25). The minimum Gasteiger partial charge on any atom is -0.402 e. The van der Waals surface area contributed by atoms with Gasteiger partial charge in [0.25, 0.3) is 11.8 Å². The number of aromatic nitrogens is 2. The molecular weight excluding hydrogens is 524 g/mol. The lowest BCUT2D eigenvalue weighted by Gasteiger charge is -2.21. The Kier molecular flexibility index (Phi) is 8.51. The van der Waals surface area contributed by atoms with Gasteiger partial charge >= 0.3 is 6.01 Å². The summed E-state index contributed by atoms with van der Waals surface area (Å²) < 4.78 is 43.5. The molecule has 1 N–H and O–H groups in total. The second-order valence-electron chi connectivity index (χ2n) is 6.38. The molecule has 0 aliphatic heterocycles. The third-order valence-electron chi connectivity index (χ3n) is 4.27. The molecule has 0 radical (unpaired) electrons. The van der Waals surface area contributed by atoms with Gasteiger partial charge in [-0.05, 0) is 52.3 Å². The van der Waals surface area contributed by atoms with Crippen LogP contribution >= 0.6 is 27.3 Å². The lowest BCUT2D eigenvalue weighted by atomic mass is 10.2. The van der Waals surface area contributed by atoms with Crippen molar-refractivity contribution in [3.63, 3.8) is 0 Å². The van der Waals surface area contributed by atoms with Crippen LogP contribution in [0, 0.1) is 0 Å². The molecule has 0 atom stereocenters. The number of carbonyl (C=O) groups excluding carboxylic acids is 1. The first-order chi connectivity index (χ1) is 15.3. The molecule has 0 saturated carbocycles. The highest BCUT2D eigenvalue weighted by Crippen LogP contribution is 2.31. The van der Waals surface area contributed by atoms with E-state index in [-0.39, 0.29) is 48.7 Å². The minimum atomic E-state index is -3.77. The Hall–Kier alpha value is -2.16. The second kappa shape index (κ2) is 11.1. The van der Waals surface area contributed by atoms with Crippen molar-refractivity contribution in [2.45, 2.75) is 4.90 Å². The molecular formula is C19H21BrN4O6S2. The summed E-state index contributed by atoms with van der Waals surface area (Å²) in [4.78, 5) is 13.3. The highest BCUT2D eigenvalue weighted by Gasteiger charge is 2.24. The van der Waals surface area contributed by atoms with Crippen molar-refractivity contribution >= 4 is 49.2 Å². The molecule has 0 aliphatic rings. The van der Waals surface area contributed by atoms with Crippen LogP contribution in [0.5, 0.6) is 0 Å². The summed E-state index contributed by atoms with van der Waals surface area (Å²) in [6.45, 7) is 0.867. The lowest BCUT2D eigenvalue weighted by Crippen LogP contribution is -2.36. The van der Waals surface area contributed by atoms with Crippen molar-refractivity contribution in [1.82, 2.24) is 14.5 Å². The Balaban J connectivity index is 1.70. The fraction of sp³-hybridized carbons (Fsp3) is 0.316. The number of methoxy groups -OCH3 is 2. The highest BCUT2D eigenvalue weighted by molar-refractivity contribution is 9.11. The molecule has 0 spiro atoms. The first-order valence-electron chi connectivity index (χ1n) is 9.34. The maximum absolute atomic E-state index is 12.9. The number of ether oxygens (including phenoxy) is 2. The SMILES string of the molecule is COCCN(CCOC)S(=O)(=O)c1ccc(C(=O)Nc2nnc(-c3ccc(Br)s3)o2)cc1. The van der Waals surface area contributed by atoms with E-state index in [2.05, 4.69) is 31.4 Å². The van der Waals surface area contributed by atoms with E-state index in [0.29, 0.717) is 0 Å². The van der Waals surface area contributed by atoms with Crippen LogP contribution in [0.3, 0.4) is 0 Å². The number of rotatable bonds is 11. The van der Waals surface area contributed by atoms with Crippen LogP contribution in [0.25, 0.3) is 10.8 Å². The molecule has 2 aromatic heterocycles. The van der Waals surface area contributed by atoms with Crippen LogP contribution < -0.4 is 5.32 Å². The van der Waals surface area contributed by atoms with Crippen LogP contribution in [0.4, 0.5) is 6.01 Å². The lowest BCUT2D eigenvalue weighted by molar-refractivity contribution is 0.102. The maximum Gasteiger partial charge on any atom is 0.322 e. The largest absolute Gasteiger partial charge is 0.402 e. The number of hydrogen-bond donors (Lipinski definition) is 1. The molecule has 0 saturated heterocycles. The first kappa shape index (κ1) is 24.5. The van der Waals surface area contributed by atoms with E-state index in [9.17, 15) is 13.2 Å². The minimum absolute atomic E-state index is 0.0588. The van der Waals surface area contributed by atoms with Crippen molar-refractivity contribution in [2.75, 3.05) is 45.8 Å². The van der Waals surface area contributed by atoms with Gasteiger partial charge < -0.3 is 13.9 Å². The number of benzene rings is 1. The van der Waals surface area contributed by atoms with E-state index in [4.69, 9.17) is 13.9 Å². The molecule has 0 aliphatic carbocycles. The zero-order chi connectivity index (χ0) is 23.1. The molecule has 32 heavy (non-hydrogen) atoms. The summed E-state index contributed by atoms with van der Waals surface area (Å²) >= 11 is 4.78. The molecule has 172 valence electrons. The van der Waals surface area contributed by atoms with Gasteiger partial charge in [-0.3, -0.25) is 10.1 Å². The second-order valence-corrected chi connectivity index (χ2v) is 10.8. The number of nitrogens with one attached hydrogen (secondary N) is 1. The zero-order valence-electron chi connectivity index (χ0n) is 17.3. The molecule has 10 nitrogen and oxygen atoms in total. The van der Waals surface area contributed by atoms with Crippen LogP contribution in [0.15, 0.2) is 49.5 Å². The fourth-order valence-corrected chi connectivity index (χ4v) is 5.35. The first-order valence-corrected chi connectivity index (χ1v) is 12.4. The number of anilines is 1. The van der Waals surface area contributed by atoms with Gasteiger partial charge in [-0.15, -0.1) is 16.4 Å². The van der Waals surface area contributed by atoms with E-state index in [1.807, 2.05) is 12.1 Å². The number of halogens is 1. The van der Waals surface area contributed by atoms with Crippen molar-refractivity contribution < 1.29 is 27.1 Å². The maximum atomic E-state index is 12.9. The van der Waals surface area contributed by atoms with Crippen molar-refractivity contribution in [2.24, 2.45) is 0 Å². The number of nitrogens with zero attached hydrogens (tertiary/aromatic N) is 3. The molecule has 0 bridgehead atoms. The normalized spacial score (nSPS) is 11.8. The van der Waals surface area contributed by atoms with Gasteiger partial charge in [0.15, 0.2) is 0 Å². The summed E-state index contributed by atoms with van der Waals surface area (Å²) in [5.74, 6) is -0.225. The molecule has 3 rings (SSSR count). The summed E-state index contributed by atoms with van der Waals surface area (Å²) in [5.41, 5.74) is 0.239. The van der Waals surface area contributed by atoms with Gasteiger partial charge in [0, 0.05) is 32.9 Å². The van der Waals surface area contributed by atoms with Gasteiger partial charge in [0.2, 0.25) is 10.0 Å². The van der Waals surface area contributed by atoms with Crippen molar-refractivity contribution in [3.05, 3.63) is 45.7 Å². The van der Waals surface area contributed by atoms with E-state index in [1.54, 1.807) is 0 Å². The monoisotopic (exact) mass is 544 g/mol. The van der Waals surface area contributed by atoms with E-state index in [1.165, 1.54) is 54.1 Å². The Bertz CT molecular complexity index is 1140. The van der Waals surface area contributed by atoms with Crippen molar-refractivity contribution in [1.29, 1.82) is 0 Å². The summed E-state index contributed by atoms with van der Waals surface area (Å²) in [7, 11) is -0.774. The van der Waals surface area contributed by atoms with E-state index >= 15 is 0 Å². The molecule has 2 heterocycles. The number of hydrogen-bond acceptors (Lipinski definition) is 9. The molecule has 1 aromatic carbocycles. The van der Waals surface area contributed by atoms with Gasteiger partial charge in [-0.1, -0.05) is 5.10 Å². The van der Waals surface area contributed by atoms with Gasteiger partial charge in [-0.2, -0.15) is 4.31 Å². The topological polar surface area (TPSA) is 124 Å². The van der Waals surface area contributed by atoms with Crippen LogP contribution in [0.1, 0.15) is 10.4 Å². The highest BCUT2D eigenvalue weighted by atomic mass is 79.9. The van der Waals surface area contributed by atoms with Gasteiger partial charge in [0.05, 0.1) is 26.8 Å². The van der Waals surface area contributed by atoms with Crippen LogP contribution in [-0.2, 0) is 19.5 Å². The molecule has 0 fully saturated rings. The third-order valence-corrected chi connectivity index (χ3v) is 7.80. The smallest absolute Gasteiger partial charge is 0.322 e. The average Bonchev–Trinajstić information content (AvgIpc) is 3.42. The molecule has 13 heteroatoms. The number of amides is 1. The number of thiophene rings is 1. The number of carbonyl (C=O) groups is 1. The van der Waals surface area contributed by atoms with E-state index in [0.717, 1.165) is 8.66 Å². The zero-order valence-corrected chi connectivity index (χ0v) is 20.5. The molecule has 1 amide bonds. The van der Waals surface area contributed by atoms with Crippen LogP contribution in [-0.4, -0.2) is 69.4 Å². The Morgan fingerprint density at radius 2 is 1.75 bits per heavy atom. The van der Waals surface area contributed by atoms with E-state index < -0.39 is 15.9 Å². The molecule has 0 unspecified atom stereocenters. The number of sulfonamides is 1.